The van der Waals surface area contributed by atoms with Gasteiger partial charge in [0.05, 0.1) is 0 Å². The molecule has 0 heterocycles. The lowest BCUT2D eigenvalue weighted by Crippen LogP contribution is -2.24. The van der Waals surface area contributed by atoms with Crippen LogP contribution in [0.2, 0.25) is 0 Å². The number of ketones is 1. The van der Waals surface area contributed by atoms with Crippen LogP contribution in [0.25, 0.3) is 11.1 Å². The Morgan fingerprint density at radius 1 is 0.743 bits per heavy atom. The van der Waals surface area contributed by atoms with Gasteiger partial charge in [-0.05, 0) is 40.5 Å². The molecule has 0 aliphatic rings. The van der Waals surface area contributed by atoms with Gasteiger partial charge in [0.1, 0.15) is 12.4 Å². The number of carbonyl (C=O) groups is 2. The molecule has 0 aliphatic carbocycles. The Kier molecular flexibility index (Phi) is 7.70. The van der Waals surface area contributed by atoms with Crippen LogP contribution in [0.4, 0.5) is 0 Å². The number of hydrogen-bond acceptors (Lipinski definition) is 4. The molecule has 0 aromatic heterocycles. The third-order valence-corrected chi connectivity index (χ3v) is 5.73. The van der Waals surface area contributed by atoms with Crippen LogP contribution in [0.15, 0.2) is 103 Å². The van der Waals surface area contributed by atoms with Crippen molar-refractivity contribution in [1.82, 2.24) is 0 Å². The Labute approximate surface area is 204 Å². The van der Waals surface area contributed by atoms with Crippen LogP contribution in [0.3, 0.4) is 0 Å². The lowest BCUT2D eigenvalue weighted by molar-refractivity contribution is -0.148. The molecule has 0 radical (unpaired) electrons. The van der Waals surface area contributed by atoms with Crippen molar-refractivity contribution in [2.24, 2.45) is 0 Å². The molecule has 35 heavy (non-hydrogen) atoms. The van der Waals surface area contributed by atoms with Crippen molar-refractivity contribution in [2.75, 3.05) is 7.11 Å². The van der Waals surface area contributed by atoms with E-state index in [1.54, 1.807) is 24.3 Å². The van der Waals surface area contributed by atoms with Gasteiger partial charge in [0, 0.05) is 24.7 Å². The first-order valence-corrected chi connectivity index (χ1v) is 11.3. The van der Waals surface area contributed by atoms with E-state index in [1.807, 2.05) is 72.8 Å². The summed E-state index contributed by atoms with van der Waals surface area (Å²) >= 11 is 0. The summed E-state index contributed by atoms with van der Waals surface area (Å²) in [5, 5.41) is 9.17. The fourth-order valence-corrected chi connectivity index (χ4v) is 3.81. The Hall–Kier alpha value is -4.22. The largest absolute Gasteiger partial charge is 0.489 e. The number of aliphatic carboxylic acids is 1. The van der Waals surface area contributed by atoms with Gasteiger partial charge < -0.3 is 14.6 Å². The van der Waals surface area contributed by atoms with E-state index in [-0.39, 0.29) is 5.78 Å². The molecular weight excluding hydrogens is 440 g/mol. The quantitative estimate of drug-likeness (QED) is 0.299. The number of benzene rings is 4. The van der Waals surface area contributed by atoms with E-state index in [9.17, 15) is 14.7 Å². The summed E-state index contributed by atoms with van der Waals surface area (Å²) in [6.45, 7) is 0.364. The van der Waals surface area contributed by atoms with Crippen LogP contribution >= 0.6 is 0 Å². The first-order chi connectivity index (χ1) is 17.0. The van der Waals surface area contributed by atoms with E-state index in [2.05, 4.69) is 6.07 Å². The number of carboxylic acids is 1. The van der Waals surface area contributed by atoms with Crippen LogP contribution in [0.5, 0.6) is 5.75 Å². The molecule has 0 bridgehead atoms. The molecule has 0 saturated heterocycles. The summed E-state index contributed by atoms with van der Waals surface area (Å²) in [5.41, 5.74) is 5.18. The minimum Gasteiger partial charge on any atom is -0.489 e. The second kappa shape index (κ2) is 11.3. The van der Waals surface area contributed by atoms with Crippen LogP contribution < -0.4 is 4.74 Å². The van der Waals surface area contributed by atoms with Crippen molar-refractivity contribution >= 4 is 11.8 Å². The summed E-state index contributed by atoms with van der Waals surface area (Å²) in [6.07, 6.45) is -0.547. The van der Waals surface area contributed by atoms with Crippen LogP contribution in [-0.2, 0) is 22.6 Å². The minimum absolute atomic E-state index is 0.0401. The van der Waals surface area contributed by atoms with Crippen molar-refractivity contribution in [3.05, 3.63) is 125 Å². The average Bonchev–Trinajstić information content (AvgIpc) is 2.91. The van der Waals surface area contributed by atoms with Crippen molar-refractivity contribution in [3.8, 4) is 16.9 Å². The molecule has 0 fully saturated rings. The molecule has 5 nitrogen and oxygen atoms in total. The van der Waals surface area contributed by atoms with Crippen molar-refractivity contribution in [1.29, 1.82) is 0 Å². The lowest BCUT2D eigenvalue weighted by atomic mass is 10.00. The maximum atomic E-state index is 12.7. The molecule has 1 N–H and O–H groups in total. The molecule has 4 rings (SSSR count). The van der Waals surface area contributed by atoms with Gasteiger partial charge in [-0.15, -0.1) is 0 Å². The van der Waals surface area contributed by atoms with Gasteiger partial charge in [0.15, 0.2) is 11.9 Å². The number of ether oxygens (including phenoxy) is 2. The highest BCUT2D eigenvalue weighted by molar-refractivity contribution is 6.09. The summed E-state index contributed by atoms with van der Waals surface area (Å²) in [5.74, 6) is -0.381. The standard InChI is InChI=1S/C30H26O5/c1-34-28(30(32)33)18-21-13-15-23(16-14-21)25-10-5-7-22(17-25)20-35-27-12-6-11-26(19-27)29(31)24-8-3-2-4-9-24/h2-17,19,28H,18,20H2,1H3,(H,32,33). The number of methoxy groups -OCH3 is 1. The summed E-state index contributed by atoms with van der Waals surface area (Å²) in [6, 6.07) is 32.2. The first kappa shape index (κ1) is 23.9. The van der Waals surface area contributed by atoms with Gasteiger partial charge in [-0.3, -0.25) is 4.79 Å². The second-order valence-electron chi connectivity index (χ2n) is 8.18. The normalized spacial score (nSPS) is 11.6. The molecule has 0 saturated carbocycles. The number of carboxylic acid groups (broad SMARTS) is 1. The van der Waals surface area contributed by atoms with E-state index in [0.717, 1.165) is 22.3 Å². The molecule has 4 aromatic rings. The van der Waals surface area contributed by atoms with Crippen molar-refractivity contribution in [2.45, 2.75) is 19.1 Å². The fourth-order valence-electron chi connectivity index (χ4n) is 3.81. The monoisotopic (exact) mass is 466 g/mol. The van der Waals surface area contributed by atoms with E-state index < -0.39 is 12.1 Å². The Bertz CT molecular complexity index is 1300. The smallest absolute Gasteiger partial charge is 0.333 e. The Morgan fingerprint density at radius 3 is 2.17 bits per heavy atom. The van der Waals surface area contributed by atoms with Gasteiger partial charge in [-0.1, -0.05) is 84.9 Å². The van der Waals surface area contributed by atoms with E-state index in [0.29, 0.717) is 29.9 Å². The average molecular weight is 467 g/mol. The third kappa shape index (κ3) is 6.22. The molecule has 0 aliphatic heterocycles. The SMILES string of the molecule is COC(Cc1ccc(-c2cccc(COc3cccc(C(=O)c4ccccc4)c3)c2)cc1)C(=O)O. The predicted octanol–water partition coefficient (Wildman–Crippen LogP) is 5.81. The molecule has 0 amide bonds. The van der Waals surface area contributed by atoms with E-state index in [4.69, 9.17) is 9.47 Å². The second-order valence-corrected chi connectivity index (χ2v) is 8.18. The Morgan fingerprint density at radius 2 is 1.46 bits per heavy atom. The fraction of sp³-hybridized carbons (Fsp3) is 0.133. The summed E-state index contributed by atoms with van der Waals surface area (Å²) in [7, 11) is 1.40. The highest BCUT2D eigenvalue weighted by atomic mass is 16.5. The first-order valence-electron chi connectivity index (χ1n) is 11.3. The molecular formula is C30H26O5. The van der Waals surface area contributed by atoms with Gasteiger partial charge in [-0.2, -0.15) is 0 Å². The van der Waals surface area contributed by atoms with Crippen molar-refractivity contribution in [3.63, 3.8) is 0 Å². The van der Waals surface area contributed by atoms with E-state index in [1.165, 1.54) is 7.11 Å². The molecule has 176 valence electrons. The van der Waals surface area contributed by atoms with Crippen LogP contribution in [0, 0.1) is 0 Å². The van der Waals surface area contributed by atoms with E-state index >= 15 is 0 Å². The summed E-state index contributed by atoms with van der Waals surface area (Å²) in [4.78, 5) is 23.9. The topological polar surface area (TPSA) is 72.8 Å². The molecule has 4 aromatic carbocycles. The minimum atomic E-state index is -0.973. The zero-order valence-corrected chi connectivity index (χ0v) is 19.4. The van der Waals surface area contributed by atoms with Gasteiger partial charge in [0.2, 0.25) is 0 Å². The molecule has 1 atom stereocenters. The lowest BCUT2D eigenvalue weighted by Gasteiger charge is -2.12. The number of carbonyl (C=O) groups excluding carboxylic acids is 1. The van der Waals surface area contributed by atoms with Gasteiger partial charge in [-0.25, -0.2) is 4.79 Å². The van der Waals surface area contributed by atoms with Gasteiger partial charge >= 0.3 is 5.97 Å². The maximum absolute atomic E-state index is 12.7. The van der Waals surface area contributed by atoms with Crippen LogP contribution in [-0.4, -0.2) is 30.1 Å². The van der Waals surface area contributed by atoms with Gasteiger partial charge in [0.25, 0.3) is 0 Å². The highest BCUT2D eigenvalue weighted by Gasteiger charge is 2.16. The predicted molar refractivity (Wildman–Crippen MR) is 135 cm³/mol. The molecule has 1 unspecified atom stereocenters. The third-order valence-electron chi connectivity index (χ3n) is 5.73. The number of hydrogen-bond donors (Lipinski definition) is 1. The zero-order chi connectivity index (χ0) is 24.6. The number of rotatable bonds is 10. The molecule has 0 spiro atoms. The Balaban J connectivity index is 1.42. The van der Waals surface area contributed by atoms with Crippen molar-refractivity contribution < 1.29 is 24.2 Å². The summed E-state index contributed by atoms with van der Waals surface area (Å²) < 4.78 is 11.0. The maximum Gasteiger partial charge on any atom is 0.333 e. The molecule has 5 heteroatoms. The highest BCUT2D eigenvalue weighted by Crippen LogP contribution is 2.23. The zero-order valence-electron chi connectivity index (χ0n) is 19.4. The van der Waals surface area contributed by atoms with Crippen LogP contribution in [0.1, 0.15) is 27.0 Å².